The average Bonchev–Trinajstić information content (AvgIpc) is 3.14. The second-order valence-electron chi connectivity index (χ2n) is 6.02. The lowest BCUT2D eigenvalue weighted by Gasteiger charge is -2.18. The van der Waals surface area contributed by atoms with Gasteiger partial charge < -0.3 is 9.64 Å². The molecule has 2 aromatic rings. The van der Waals surface area contributed by atoms with Gasteiger partial charge in [-0.25, -0.2) is 4.98 Å². The molecule has 0 bridgehead atoms. The van der Waals surface area contributed by atoms with Crippen LogP contribution in [-0.2, 0) is 6.54 Å². The van der Waals surface area contributed by atoms with Crippen molar-refractivity contribution >= 4 is 5.95 Å². The molecule has 1 saturated carbocycles. The third kappa shape index (κ3) is 2.53. The van der Waals surface area contributed by atoms with Gasteiger partial charge in [-0.05, 0) is 25.8 Å². The third-order valence-corrected chi connectivity index (χ3v) is 4.37. The van der Waals surface area contributed by atoms with Crippen LogP contribution in [0.4, 0.5) is 5.95 Å². The largest absolute Gasteiger partial charge is 0.472 e. The molecular weight excluding hydrogens is 278 g/mol. The van der Waals surface area contributed by atoms with Crippen molar-refractivity contribution < 1.29 is 4.74 Å². The van der Waals surface area contributed by atoms with E-state index in [2.05, 4.69) is 31.6 Å². The van der Waals surface area contributed by atoms with Crippen molar-refractivity contribution in [1.82, 2.24) is 19.7 Å². The molecule has 4 rings (SSSR count). The summed E-state index contributed by atoms with van der Waals surface area (Å²) >= 11 is 0. The van der Waals surface area contributed by atoms with Crippen LogP contribution in [0.1, 0.15) is 37.9 Å². The molecule has 0 radical (unpaired) electrons. The maximum atomic E-state index is 5.96. The number of ether oxygens (including phenoxy) is 1. The Morgan fingerprint density at radius 2 is 2.14 bits per heavy atom. The summed E-state index contributed by atoms with van der Waals surface area (Å²) in [7, 11) is 0. The van der Waals surface area contributed by atoms with Gasteiger partial charge in [-0.3, -0.25) is 4.57 Å². The second-order valence-corrected chi connectivity index (χ2v) is 6.02. The number of pyridine rings is 1. The molecular formula is C16H21N5O. The van der Waals surface area contributed by atoms with Gasteiger partial charge in [0.15, 0.2) is 0 Å². The number of nitrogens with zero attached hydrogens (tertiary/aromatic N) is 5. The van der Waals surface area contributed by atoms with Crippen molar-refractivity contribution in [2.75, 3.05) is 18.0 Å². The van der Waals surface area contributed by atoms with Gasteiger partial charge in [0.2, 0.25) is 11.8 Å². The van der Waals surface area contributed by atoms with Crippen LogP contribution in [0.15, 0.2) is 24.4 Å². The molecule has 2 fully saturated rings. The summed E-state index contributed by atoms with van der Waals surface area (Å²) in [5, 5.41) is 8.86. The molecule has 0 N–H and O–H groups in total. The first-order valence-corrected chi connectivity index (χ1v) is 8.11. The van der Waals surface area contributed by atoms with E-state index in [1.165, 1.54) is 12.8 Å². The molecule has 116 valence electrons. The maximum absolute atomic E-state index is 5.96. The summed E-state index contributed by atoms with van der Waals surface area (Å²) in [5.41, 5.74) is 0. The lowest BCUT2D eigenvalue weighted by atomic mass is 10.3. The molecule has 1 aliphatic heterocycles. The maximum Gasteiger partial charge on any atom is 0.227 e. The molecule has 1 atom stereocenters. The summed E-state index contributed by atoms with van der Waals surface area (Å²) in [4.78, 5) is 6.52. The van der Waals surface area contributed by atoms with Crippen molar-refractivity contribution in [3.05, 3.63) is 30.2 Å². The minimum atomic E-state index is 0.168. The highest BCUT2D eigenvalue weighted by atomic mass is 16.5. The van der Waals surface area contributed by atoms with Crippen molar-refractivity contribution in [2.45, 2.75) is 44.8 Å². The molecule has 3 heterocycles. The predicted molar refractivity (Wildman–Crippen MR) is 83.2 cm³/mol. The average molecular weight is 299 g/mol. The highest BCUT2D eigenvalue weighted by Crippen LogP contribution is 2.40. The van der Waals surface area contributed by atoms with E-state index < -0.39 is 0 Å². The zero-order valence-electron chi connectivity index (χ0n) is 12.9. The van der Waals surface area contributed by atoms with Crippen molar-refractivity contribution in [1.29, 1.82) is 0 Å². The number of hydrogen-bond acceptors (Lipinski definition) is 5. The SMILES string of the molecule is CCn1c(C2CC2)nnc1N1CCC(Oc2ccccn2)C1. The van der Waals surface area contributed by atoms with E-state index in [-0.39, 0.29) is 6.10 Å². The van der Waals surface area contributed by atoms with Gasteiger partial charge in [0.1, 0.15) is 11.9 Å². The first-order chi connectivity index (χ1) is 10.8. The molecule has 2 aromatic heterocycles. The second kappa shape index (κ2) is 5.59. The van der Waals surface area contributed by atoms with Crippen LogP contribution in [-0.4, -0.2) is 38.9 Å². The van der Waals surface area contributed by atoms with E-state index in [4.69, 9.17) is 4.74 Å². The predicted octanol–water partition coefficient (Wildman–Crippen LogP) is 2.23. The Balaban J connectivity index is 1.46. The van der Waals surface area contributed by atoms with Crippen LogP contribution in [0.2, 0.25) is 0 Å². The third-order valence-electron chi connectivity index (χ3n) is 4.37. The number of aromatic nitrogens is 4. The normalized spacial score (nSPS) is 21.3. The van der Waals surface area contributed by atoms with Crippen molar-refractivity contribution in [2.24, 2.45) is 0 Å². The summed E-state index contributed by atoms with van der Waals surface area (Å²) in [6.07, 6.45) is 5.43. The summed E-state index contributed by atoms with van der Waals surface area (Å²) in [6.45, 7) is 4.90. The fraction of sp³-hybridized carbons (Fsp3) is 0.562. The van der Waals surface area contributed by atoms with E-state index in [0.29, 0.717) is 11.8 Å². The van der Waals surface area contributed by atoms with E-state index in [1.54, 1.807) is 6.20 Å². The quantitative estimate of drug-likeness (QED) is 0.847. The summed E-state index contributed by atoms with van der Waals surface area (Å²) in [6, 6.07) is 5.75. The monoisotopic (exact) mass is 299 g/mol. The lowest BCUT2D eigenvalue weighted by molar-refractivity contribution is 0.215. The highest BCUT2D eigenvalue weighted by molar-refractivity contribution is 5.35. The van der Waals surface area contributed by atoms with Crippen molar-refractivity contribution in [3.8, 4) is 5.88 Å². The molecule has 22 heavy (non-hydrogen) atoms. The van der Waals surface area contributed by atoms with E-state index in [0.717, 1.165) is 37.8 Å². The highest BCUT2D eigenvalue weighted by Gasteiger charge is 2.33. The zero-order valence-corrected chi connectivity index (χ0v) is 12.9. The Morgan fingerprint density at radius 3 is 2.86 bits per heavy atom. The molecule has 2 aliphatic rings. The van der Waals surface area contributed by atoms with Gasteiger partial charge in [0, 0.05) is 37.7 Å². The Labute approximate surface area is 130 Å². The molecule has 0 amide bonds. The molecule has 6 heteroatoms. The van der Waals surface area contributed by atoms with Gasteiger partial charge in [0.25, 0.3) is 0 Å². The molecule has 1 unspecified atom stereocenters. The summed E-state index contributed by atoms with van der Waals surface area (Å²) < 4.78 is 8.22. The number of rotatable bonds is 5. The molecule has 0 aromatic carbocycles. The first kappa shape index (κ1) is 13.5. The van der Waals surface area contributed by atoms with E-state index in [1.807, 2.05) is 18.2 Å². The molecule has 6 nitrogen and oxygen atoms in total. The topological polar surface area (TPSA) is 56.1 Å². The van der Waals surface area contributed by atoms with Gasteiger partial charge >= 0.3 is 0 Å². The Kier molecular flexibility index (Phi) is 3.44. The smallest absolute Gasteiger partial charge is 0.227 e. The van der Waals surface area contributed by atoms with Gasteiger partial charge in [-0.1, -0.05) is 6.07 Å². The Bertz CT molecular complexity index is 637. The minimum Gasteiger partial charge on any atom is -0.472 e. The molecule has 1 aliphatic carbocycles. The zero-order chi connectivity index (χ0) is 14.9. The summed E-state index contributed by atoms with van der Waals surface area (Å²) in [5.74, 6) is 3.48. The Morgan fingerprint density at radius 1 is 1.23 bits per heavy atom. The standard InChI is InChI=1S/C16H21N5O/c1-2-21-15(12-6-7-12)18-19-16(21)20-10-8-13(11-20)22-14-5-3-4-9-17-14/h3-5,9,12-13H,2,6-8,10-11H2,1H3. The van der Waals surface area contributed by atoms with Gasteiger partial charge in [0.05, 0.1) is 6.54 Å². The van der Waals surface area contributed by atoms with Gasteiger partial charge in [-0.2, -0.15) is 0 Å². The van der Waals surface area contributed by atoms with Crippen LogP contribution < -0.4 is 9.64 Å². The van der Waals surface area contributed by atoms with E-state index in [9.17, 15) is 0 Å². The van der Waals surface area contributed by atoms with Crippen LogP contribution in [0.5, 0.6) is 5.88 Å². The van der Waals surface area contributed by atoms with Crippen LogP contribution >= 0.6 is 0 Å². The first-order valence-electron chi connectivity index (χ1n) is 8.11. The number of anilines is 1. The fourth-order valence-electron chi connectivity index (χ4n) is 3.08. The lowest BCUT2D eigenvalue weighted by Crippen LogP contribution is -2.27. The molecule has 0 spiro atoms. The Hall–Kier alpha value is -2.11. The molecule has 1 saturated heterocycles. The van der Waals surface area contributed by atoms with Gasteiger partial charge in [-0.15, -0.1) is 10.2 Å². The van der Waals surface area contributed by atoms with Crippen LogP contribution in [0.25, 0.3) is 0 Å². The van der Waals surface area contributed by atoms with Crippen molar-refractivity contribution in [3.63, 3.8) is 0 Å². The fourth-order valence-corrected chi connectivity index (χ4v) is 3.08. The number of hydrogen-bond donors (Lipinski definition) is 0. The van der Waals surface area contributed by atoms with Crippen LogP contribution in [0.3, 0.4) is 0 Å². The van der Waals surface area contributed by atoms with Crippen LogP contribution in [0, 0.1) is 0 Å². The minimum absolute atomic E-state index is 0.168. The van der Waals surface area contributed by atoms with E-state index >= 15 is 0 Å².